The number of hydrogen-bond donors (Lipinski definition) is 2. The fourth-order valence-corrected chi connectivity index (χ4v) is 3.01. The Balaban J connectivity index is 2.16. The minimum Gasteiger partial charge on any atom is -0.394 e. The third-order valence-corrected chi connectivity index (χ3v) is 4.33. The SMILES string of the molecule is Cc1nn(C)c(NC(=O)C2CCCCC2(C)C)c1N. The second kappa shape index (κ2) is 4.87. The van der Waals surface area contributed by atoms with E-state index in [0.717, 1.165) is 25.0 Å². The van der Waals surface area contributed by atoms with E-state index >= 15 is 0 Å². The van der Waals surface area contributed by atoms with E-state index in [0.29, 0.717) is 11.5 Å². The number of aromatic nitrogens is 2. The van der Waals surface area contributed by atoms with E-state index in [1.165, 1.54) is 6.42 Å². The van der Waals surface area contributed by atoms with E-state index in [2.05, 4.69) is 24.3 Å². The monoisotopic (exact) mass is 264 g/mol. The molecule has 0 bridgehead atoms. The second-order valence-corrected chi connectivity index (χ2v) is 6.25. The average Bonchev–Trinajstić information content (AvgIpc) is 2.55. The molecule has 1 unspecified atom stereocenters. The summed E-state index contributed by atoms with van der Waals surface area (Å²) in [7, 11) is 1.80. The van der Waals surface area contributed by atoms with Gasteiger partial charge in [-0.05, 0) is 25.2 Å². The molecule has 1 aliphatic carbocycles. The lowest BCUT2D eigenvalue weighted by atomic mass is 9.68. The molecule has 1 saturated carbocycles. The summed E-state index contributed by atoms with van der Waals surface area (Å²) < 4.78 is 1.64. The van der Waals surface area contributed by atoms with Crippen molar-refractivity contribution in [1.82, 2.24) is 9.78 Å². The first kappa shape index (κ1) is 13.9. The molecule has 3 N–H and O–H groups in total. The number of carbonyl (C=O) groups is 1. The van der Waals surface area contributed by atoms with Crippen LogP contribution in [0.1, 0.15) is 45.2 Å². The molecule has 1 amide bonds. The van der Waals surface area contributed by atoms with Crippen molar-refractivity contribution >= 4 is 17.4 Å². The minimum atomic E-state index is 0.0517. The lowest BCUT2D eigenvalue weighted by Crippen LogP contribution is -2.37. The van der Waals surface area contributed by atoms with Gasteiger partial charge in [-0.25, -0.2) is 0 Å². The number of hydrogen-bond acceptors (Lipinski definition) is 3. The summed E-state index contributed by atoms with van der Waals surface area (Å²) in [5.74, 6) is 0.735. The third kappa shape index (κ3) is 2.60. The Bertz CT molecular complexity index is 490. The summed E-state index contributed by atoms with van der Waals surface area (Å²) in [6.45, 7) is 6.19. The predicted molar refractivity (Wildman–Crippen MR) is 76.7 cm³/mol. The van der Waals surface area contributed by atoms with Gasteiger partial charge in [-0.1, -0.05) is 26.7 Å². The highest BCUT2D eigenvalue weighted by Gasteiger charge is 2.37. The van der Waals surface area contributed by atoms with E-state index < -0.39 is 0 Å². The van der Waals surface area contributed by atoms with Gasteiger partial charge in [0, 0.05) is 13.0 Å². The van der Waals surface area contributed by atoms with Crippen LogP contribution in [0.25, 0.3) is 0 Å². The first-order valence-corrected chi connectivity index (χ1v) is 6.93. The van der Waals surface area contributed by atoms with Gasteiger partial charge in [-0.15, -0.1) is 0 Å². The van der Waals surface area contributed by atoms with Crippen LogP contribution >= 0.6 is 0 Å². The highest BCUT2D eigenvalue weighted by molar-refractivity contribution is 5.95. The van der Waals surface area contributed by atoms with Crippen LogP contribution in [-0.2, 0) is 11.8 Å². The molecule has 2 rings (SSSR count). The van der Waals surface area contributed by atoms with Crippen LogP contribution in [0.5, 0.6) is 0 Å². The Labute approximate surface area is 114 Å². The van der Waals surface area contributed by atoms with Crippen molar-refractivity contribution in [3.8, 4) is 0 Å². The number of carbonyl (C=O) groups excluding carboxylic acids is 1. The van der Waals surface area contributed by atoms with Crippen LogP contribution in [0, 0.1) is 18.3 Å². The van der Waals surface area contributed by atoms with Crippen LogP contribution in [0.3, 0.4) is 0 Å². The average molecular weight is 264 g/mol. The normalized spacial score (nSPS) is 22.2. The number of amides is 1. The number of nitrogens with two attached hydrogens (primary N) is 1. The second-order valence-electron chi connectivity index (χ2n) is 6.25. The maximum atomic E-state index is 12.5. The topological polar surface area (TPSA) is 72.9 Å². The van der Waals surface area contributed by atoms with Crippen molar-refractivity contribution in [3.63, 3.8) is 0 Å². The largest absolute Gasteiger partial charge is 0.394 e. The molecule has 0 saturated heterocycles. The highest BCUT2D eigenvalue weighted by atomic mass is 16.2. The summed E-state index contributed by atoms with van der Waals surface area (Å²) in [4.78, 5) is 12.5. The van der Waals surface area contributed by atoms with Gasteiger partial charge in [0.25, 0.3) is 0 Å². The van der Waals surface area contributed by atoms with Gasteiger partial charge in [0.1, 0.15) is 0 Å². The molecule has 5 nitrogen and oxygen atoms in total. The summed E-state index contributed by atoms with van der Waals surface area (Å²) in [5.41, 5.74) is 7.32. The van der Waals surface area contributed by atoms with Gasteiger partial charge in [0.2, 0.25) is 5.91 Å². The fourth-order valence-electron chi connectivity index (χ4n) is 3.01. The summed E-state index contributed by atoms with van der Waals surface area (Å²) in [6.07, 6.45) is 4.39. The molecule has 106 valence electrons. The maximum Gasteiger partial charge on any atom is 0.229 e. The molecule has 5 heteroatoms. The highest BCUT2D eigenvalue weighted by Crippen LogP contribution is 2.41. The molecule has 19 heavy (non-hydrogen) atoms. The lowest BCUT2D eigenvalue weighted by Gasteiger charge is -2.37. The van der Waals surface area contributed by atoms with E-state index in [-0.39, 0.29) is 17.2 Å². The van der Waals surface area contributed by atoms with Gasteiger partial charge in [-0.3, -0.25) is 9.48 Å². The van der Waals surface area contributed by atoms with E-state index in [9.17, 15) is 4.79 Å². The number of nitrogens with zero attached hydrogens (tertiary/aromatic N) is 2. The Kier molecular flexibility index (Phi) is 3.56. The zero-order valence-corrected chi connectivity index (χ0v) is 12.3. The standard InChI is InChI=1S/C14H24N4O/c1-9-11(15)12(18(4)17-9)16-13(19)10-7-5-6-8-14(10,2)3/h10H,5-8,15H2,1-4H3,(H,16,19). The van der Waals surface area contributed by atoms with Crippen molar-refractivity contribution in [2.24, 2.45) is 18.4 Å². The molecule has 1 atom stereocenters. The molecule has 1 aliphatic rings. The van der Waals surface area contributed by atoms with Crippen LogP contribution in [-0.4, -0.2) is 15.7 Å². The Morgan fingerprint density at radius 3 is 2.68 bits per heavy atom. The van der Waals surface area contributed by atoms with Crippen LogP contribution < -0.4 is 11.1 Å². The smallest absolute Gasteiger partial charge is 0.229 e. The molecule has 0 spiro atoms. The number of nitrogen functional groups attached to an aromatic ring is 1. The van der Waals surface area contributed by atoms with E-state index in [4.69, 9.17) is 5.73 Å². The molecule has 0 radical (unpaired) electrons. The fraction of sp³-hybridized carbons (Fsp3) is 0.714. The summed E-state index contributed by atoms with van der Waals surface area (Å²) >= 11 is 0. The van der Waals surface area contributed by atoms with Gasteiger partial charge in [0.05, 0.1) is 11.4 Å². The van der Waals surface area contributed by atoms with Gasteiger partial charge >= 0.3 is 0 Å². The first-order valence-electron chi connectivity index (χ1n) is 6.93. The molecule has 0 aliphatic heterocycles. The van der Waals surface area contributed by atoms with Crippen LogP contribution in [0.15, 0.2) is 0 Å². The van der Waals surface area contributed by atoms with Gasteiger partial charge in [0.15, 0.2) is 5.82 Å². The zero-order chi connectivity index (χ0) is 14.2. The minimum absolute atomic E-state index is 0.0517. The van der Waals surface area contributed by atoms with E-state index in [1.807, 2.05) is 6.92 Å². The zero-order valence-electron chi connectivity index (χ0n) is 12.3. The predicted octanol–water partition coefficient (Wildman–Crippen LogP) is 2.47. The molecule has 1 aromatic rings. The van der Waals surface area contributed by atoms with Crippen LogP contribution in [0.4, 0.5) is 11.5 Å². The van der Waals surface area contributed by atoms with E-state index in [1.54, 1.807) is 11.7 Å². The Morgan fingerprint density at radius 2 is 2.16 bits per heavy atom. The number of rotatable bonds is 2. The first-order chi connectivity index (χ1) is 8.83. The quantitative estimate of drug-likeness (QED) is 0.861. The van der Waals surface area contributed by atoms with Crippen LogP contribution in [0.2, 0.25) is 0 Å². The Morgan fingerprint density at radius 1 is 1.47 bits per heavy atom. The molecule has 1 heterocycles. The molecule has 1 fully saturated rings. The summed E-state index contributed by atoms with van der Waals surface area (Å²) in [6, 6.07) is 0. The molecule has 1 aromatic heterocycles. The summed E-state index contributed by atoms with van der Waals surface area (Å²) in [5, 5.41) is 7.18. The molecule has 0 aromatic carbocycles. The third-order valence-electron chi connectivity index (χ3n) is 4.33. The number of nitrogens with one attached hydrogen (secondary N) is 1. The number of aryl methyl sites for hydroxylation is 2. The number of anilines is 2. The maximum absolute atomic E-state index is 12.5. The van der Waals surface area contributed by atoms with Crippen molar-refractivity contribution in [2.75, 3.05) is 11.1 Å². The van der Waals surface area contributed by atoms with Crippen molar-refractivity contribution in [1.29, 1.82) is 0 Å². The lowest BCUT2D eigenvalue weighted by molar-refractivity contribution is -0.124. The van der Waals surface area contributed by atoms with Gasteiger partial charge < -0.3 is 11.1 Å². The van der Waals surface area contributed by atoms with Crippen molar-refractivity contribution in [2.45, 2.75) is 46.5 Å². The van der Waals surface area contributed by atoms with Crippen molar-refractivity contribution < 1.29 is 4.79 Å². The molecular formula is C14H24N4O. The Hall–Kier alpha value is -1.52. The van der Waals surface area contributed by atoms with Gasteiger partial charge in [-0.2, -0.15) is 5.10 Å². The molecular weight excluding hydrogens is 240 g/mol. The van der Waals surface area contributed by atoms with Crippen molar-refractivity contribution in [3.05, 3.63) is 5.69 Å².